The number of aromatic nitrogens is 1. The van der Waals surface area contributed by atoms with Crippen molar-refractivity contribution in [2.45, 2.75) is 13.8 Å². The molecule has 2 rings (SSSR count). The lowest BCUT2D eigenvalue weighted by atomic mass is 10.2. The summed E-state index contributed by atoms with van der Waals surface area (Å²) in [6, 6.07) is 7.04. The van der Waals surface area contributed by atoms with Crippen LogP contribution in [0.15, 0.2) is 28.7 Å². The number of rotatable bonds is 7. The fourth-order valence-electron chi connectivity index (χ4n) is 1.99. The lowest BCUT2D eigenvalue weighted by molar-refractivity contribution is 0.229. The van der Waals surface area contributed by atoms with Gasteiger partial charge in [-0.3, -0.25) is 4.57 Å². The van der Waals surface area contributed by atoms with Crippen LogP contribution in [0.3, 0.4) is 0 Å². The lowest BCUT2D eigenvalue weighted by Gasteiger charge is -2.17. The molecule has 0 fully saturated rings. The van der Waals surface area contributed by atoms with Crippen molar-refractivity contribution in [3.05, 3.63) is 29.3 Å². The maximum Gasteiger partial charge on any atom is 0.385 e. The molecule has 2 aromatic rings. The van der Waals surface area contributed by atoms with E-state index in [9.17, 15) is 4.57 Å². The maximum atomic E-state index is 13.0. The zero-order chi connectivity index (χ0) is 17.0. The molecule has 1 heterocycles. The van der Waals surface area contributed by atoms with Gasteiger partial charge in [0.15, 0.2) is 0 Å². The van der Waals surface area contributed by atoms with Crippen molar-refractivity contribution < 1.29 is 18.0 Å². The smallest absolute Gasteiger partial charge is 0.385 e. The normalized spacial score (nSPS) is 11.7. The number of hydrogen-bond acceptors (Lipinski definition) is 6. The highest BCUT2D eigenvalue weighted by Gasteiger charge is 2.36. The summed E-state index contributed by atoms with van der Waals surface area (Å²) in [6.07, 6.45) is 0. The fraction of sp³-hybridized carbons (Fsp3) is 0.400. The third-order valence-electron chi connectivity index (χ3n) is 2.95. The van der Waals surface area contributed by atoms with Crippen LogP contribution in [-0.2, 0) is 13.6 Å². The van der Waals surface area contributed by atoms with E-state index in [0.717, 1.165) is 5.56 Å². The Morgan fingerprint density at radius 1 is 1.17 bits per heavy atom. The Labute approximate surface area is 140 Å². The molecule has 8 heteroatoms. The molecular weight excluding hydrogens is 339 g/mol. The Hall–Kier alpha value is -1.33. The van der Waals surface area contributed by atoms with Crippen LogP contribution in [0.25, 0.3) is 11.5 Å². The molecule has 0 unspecified atom stereocenters. The Morgan fingerprint density at radius 3 is 2.22 bits per heavy atom. The highest BCUT2D eigenvalue weighted by molar-refractivity contribution is 7.62. The maximum absolute atomic E-state index is 13.0. The second-order valence-corrected chi connectivity index (χ2v) is 7.25. The molecule has 23 heavy (non-hydrogen) atoms. The van der Waals surface area contributed by atoms with Crippen LogP contribution < -0.4 is 10.3 Å². The monoisotopic (exact) mass is 358 g/mol. The highest BCUT2D eigenvalue weighted by atomic mass is 35.5. The summed E-state index contributed by atoms with van der Waals surface area (Å²) < 4.78 is 29.6. The molecule has 126 valence electrons. The van der Waals surface area contributed by atoms with E-state index in [1.165, 1.54) is 0 Å². The molecular formula is C15H20ClN2O4P. The number of anilines is 1. The van der Waals surface area contributed by atoms with E-state index in [1.807, 2.05) is 0 Å². The minimum Gasteiger partial charge on any atom is -0.420 e. The van der Waals surface area contributed by atoms with Gasteiger partial charge in [0.1, 0.15) is 0 Å². The van der Waals surface area contributed by atoms with Crippen molar-refractivity contribution in [3.8, 4) is 11.5 Å². The van der Waals surface area contributed by atoms with Gasteiger partial charge >= 0.3 is 7.60 Å². The van der Waals surface area contributed by atoms with Crippen molar-refractivity contribution in [3.63, 3.8) is 0 Å². The van der Waals surface area contributed by atoms with Crippen molar-refractivity contribution in [2.24, 2.45) is 0 Å². The van der Waals surface area contributed by atoms with Gasteiger partial charge < -0.3 is 18.4 Å². The van der Waals surface area contributed by atoms with E-state index in [4.69, 9.17) is 25.1 Å². The van der Waals surface area contributed by atoms with Gasteiger partial charge in [-0.15, -0.1) is 0 Å². The summed E-state index contributed by atoms with van der Waals surface area (Å²) in [5.41, 5.74) is 0.902. The molecule has 6 nitrogen and oxygen atoms in total. The van der Waals surface area contributed by atoms with E-state index in [1.54, 1.807) is 57.1 Å². The quantitative estimate of drug-likeness (QED) is 0.698. The standard InChI is InChI=1S/C15H20ClN2O4P/c1-5-20-23(19,21-6-2)14-15(18(3)4)22-13(17-14)11-7-9-12(16)10-8-11/h7-10H,5-6H2,1-4H3. The van der Waals surface area contributed by atoms with Crippen LogP contribution in [0.5, 0.6) is 0 Å². The van der Waals surface area contributed by atoms with E-state index in [0.29, 0.717) is 16.8 Å². The summed E-state index contributed by atoms with van der Waals surface area (Å²) in [7, 11) is 0.00642. The molecule has 0 saturated carbocycles. The Morgan fingerprint density at radius 2 is 1.74 bits per heavy atom. The Kier molecular flexibility index (Phi) is 5.87. The van der Waals surface area contributed by atoms with E-state index < -0.39 is 7.60 Å². The molecule has 1 aromatic heterocycles. The largest absolute Gasteiger partial charge is 0.420 e. The molecule has 0 N–H and O–H groups in total. The number of benzene rings is 1. The third-order valence-corrected chi connectivity index (χ3v) is 5.21. The van der Waals surface area contributed by atoms with Crippen LogP contribution in [-0.4, -0.2) is 32.3 Å². The van der Waals surface area contributed by atoms with Gasteiger partial charge in [-0.05, 0) is 38.1 Å². The zero-order valence-electron chi connectivity index (χ0n) is 13.6. The topological polar surface area (TPSA) is 64.8 Å². The molecule has 0 aliphatic heterocycles. The molecule has 0 aliphatic rings. The summed E-state index contributed by atoms with van der Waals surface area (Å²) in [6.45, 7) is 3.99. The van der Waals surface area contributed by atoms with Crippen LogP contribution in [0.2, 0.25) is 5.02 Å². The summed E-state index contributed by atoms with van der Waals surface area (Å²) >= 11 is 5.90. The average molecular weight is 359 g/mol. The molecule has 0 spiro atoms. The van der Waals surface area contributed by atoms with Gasteiger partial charge in [0, 0.05) is 24.7 Å². The van der Waals surface area contributed by atoms with Crippen LogP contribution in [0.1, 0.15) is 13.8 Å². The fourth-order valence-corrected chi connectivity index (χ4v) is 3.81. The van der Waals surface area contributed by atoms with E-state index in [-0.39, 0.29) is 18.6 Å². The lowest BCUT2D eigenvalue weighted by Crippen LogP contribution is -2.20. The molecule has 0 aliphatic carbocycles. The zero-order valence-corrected chi connectivity index (χ0v) is 15.2. The summed E-state index contributed by atoms with van der Waals surface area (Å²) in [5.74, 6) is 0.681. The highest BCUT2D eigenvalue weighted by Crippen LogP contribution is 2.49. The minimum absolute atomic E-state index is 0.177. The molecule has 0 saturated heterocycles. The predicted molar refractivity (Wildman–Crippen MR) is 91.8 cm³/mol. The van der Waals surface area contributed by atoms with E-state index >= 15 is 0 Å². The first kappa shape index (κ1) is 18.0. The van der Waals surface area contributed by atoms with Gasteiger partial charge in [-0.25, -0.2) is 0 Å². The molecule has 0 bridgehead atoms. The molecule has 1 aromatic carbocycles. The minimum atomic E-state index is -3.54. The first-order chi connectivity index (χ1) is 10.9. The van der Waals surface area contributed by atoms with Crippen molar-refractivity contribution in [2.75, 3.05) is 32.2 Å². The average Bonchev–Trinajstić information content (AvgIpc) is 2.94. The van der Waals surface area contributed by atoms with E-state index in [2.05, 4.69) is 4.98 Å². The van der Waals surface area contributed by atoms with Gasteiger partial charge in [-0.1, -0.05) is 11.6 Å². The third kappa shape index (κ3) is 3.96. The second-order valence-electron chi connectivity index (χ2n) is 4.88. The van der Waals surface area contributed by atoms with Crippen LogP contribution in [0.4, 0.5) is 5.88 Å². The number of nitrogens with zero attached hydrogens (tertiary/aromatic N) is 2. The number of halogens is 1. The summed E-state index contributed by atoms with van der Waals surface area (Å²) in [5, 5.41) is 0.614. The first-order valence-corrected chi connectivity index (χ1v) is 9.17. The molecule has 0 atom stereocenters. The number of hydrogen-bond donors (Lipinski definition) is 0. The first-order valence-electron chi connectivity index (χ1n) is 7.25. The second kappa shape index (κ2) is 7.49. The molecule has 0 radical (unpaired) electrons. The van der Waals surface area contributed by atoms with Crippen LogP contribution >= 0.6 is 19.2 Å². The Balaban J connectivity index is 2.54. The van der Waals surface area contributed by atoms with Crippen LogP contribution in [0, 0.1) is 0 Å². The van der Waals surface area contributed by atoms with Gasteiger partial charge in [0.05, 0.1) is 13.2 Å². The van der Waals surface area contributed by atoms with Gasteiger partial charge in [-0.2, -0.15) is 4.98 Å². The SMILES string of the molecule is CCOP(=O)(OCC)c1nc(-c2ccc(Cl)cc2)oc1N(C)C. The van der Waals surface area contributed by atoms with Crippen molar-refractivity contribution in [1.29, 1.82) is 0 Å². The van der Waals surface area contributed by atoms with Crippen molar-refractivity contribution in [1.82, 2.24) is 4.98 Å². The van der Waals surface area contributed by atoms with Gasteiger partial charge in [0.25, 0.3) is 0 Å². The number of oxazole rings is 1. The summed E-state index contributed by atoms with van der Waals surface area (Å²) in [4.78, 5) is 6.06. The molecule has 0 amide bonds. The Bertz CT molecular complexity index is 690. The van der Waals surface area contributed by atoms with Gasteiger partial charge in [0.2, 0.25) is 17.2 Å². The van der Waals surface area contributed by atoms with Crippen molar-refractivity contribution >= 4 is 30.5 Å². The predicted octanol–water partition coefficient (Wildman–Crippen LogP) is 3.95.